The molecule has 2 aromatic rings. The summed E-state index contributed by atoms with van der Waals surface area (Å²) in [7, 11) is 0. The van der Waals surface area contributed by atoms with Crippen molar-refractivity contribution >= 4 is 21.6 Å². The Hall–Kier alpha value is -1.17. The summed E-state index contributed by atoms with van der Waals surface area (Å²) in [5.74, 6) is 0.898. The van der Waals surface area contributed by atoms with E-state index >= 15 is 0 Å². The second kappa shape index (κ2) is 5.00. The molecule has 92 valence electrons. The third-order valence-electron chi connectivity index (χ3n) is 2.94. The Morgan fingerprint density at radius 1 is 1.47 bits per heavy atom. The van der Waals surface area contributed by atoms with E-state index in [4.69, 9.17) is 0 Å². The number of alkyl halides is 1. The first-order valence-corrected chi connectivity index (χ1v) is 6.70. The highest BCUT2D eigenvalue weighted by atomic mass is 79.9. The first-order valence-electron chi connectivity index (χ1n) is 5.58. The van der Waals surface area contributed by atoms with E-state index in [1.165, 1.54) is 9.08 Å². The fourth-order valence-electron chi connectivity index (χ4n) is 1.66. The molecular weight excluding hydrogens is 284 g/mol. The number of halogens is 1. The first-order chi connectivity index (χ1) is 8.13. The van der Waals surface area contributed by atoms with Gasteiger partial charge in [0.25, 0.3) is 0 Å². The van der Waals surface area contributed by atoms with Gasteiger partial charge in [-0.2, -0.15) is 0 Å². The molecule has 0 aliphatic heterocycles. The molecule has 0 amide bonds. The van der Waals surface area contributed by atoms with Crippen LogP contribution in [0, 0.1) is 11.8 Å². The Morgan fingerprint density at radius 3 is 2.82 bits per heavy atom. The zero-order chi connectivity index (χ0) is 12.4. The second-order valence-electron chi connectivity index (χ2n) is 4.43. The van der Waals surface area contributed by atoms with Gasteiger partial charge >= 0.3 is 5.69 Å². The van der Waals surface area contributed by atoms with Gasteiger partial charge in [0.2, 0.25) is 0 Å². The van der Waals surface area contributed by atoms with Gasteiger partial charge in [0.05, 0.1) is 12.7 Å². The molecule has 2 rings (SSSR count). The van der Waals surface area contributed by atoms with E-state index in [0.29, 0.717) is 24.0 Å². The van der Waals surface area contributed by atoms with Gasteiger partial charge in [-0.25, -0.2) is 13.9 Å². The van der Waals surface area contributed by atoms with Crippen molar-refractivity contribution in [3.63, 3.8) is 0 Å². The molecule has 0 aliphatic carbocycles. The lowest BCUT2D eigenvalue weighted by Gasteiger charge is -2.16. The number of hydrogen-bond donors (Lipinski definition) is 0. The Morgan fingerprint density at radius 2 is 2.24 bits per heavy atom. The fraction of sp³-hybridized carbons (Fsp3) is 0.545. The zero-order valence-corrected chi connectivity index (χ0v) is 11.5. The van der Waals surface area contributed by atoms with Crippen molar-refractivity contribution < 1.29 is 0 Å². The molecule has 0 N–H and O–H groups in total. The van der Waals surface area contributed by atoms with Crippen molar-refractivity contribution in [2.24, 2.45) is 11.8 Å². The van der Waals surface area contributed by atoms with E-state index in [-0.39, 0.29) is 5.69 Å². The van der Waals surface area contributed by atoms with Crippen LogP contribution in [0.4, 0.5) is 0 Å². The largest absolute Gasteiger partial charge is 0.350 e. The topological polar surface area (TPSA) is 52.2 Å². The maximum absolute atomic E-state index is 12.0. The molecule has 6 heteroatoms. The minimum absolute atomic E-state index is 0.103. The van der Waals surface area contributed by atoms with Crippen LogP contribution in [0.2, 0.25) is 0 Å². The number of fused-ring (bicyclic) bond motifs is 1. The lowest BCUT2D eigenvalue weighted by molar-refractivity contribution is 0.352. The molecule has 0 saturated heterocycles. The number of aromatic nitrogens is 4. The molecule has 5 nitrogen and oxygen atoms in total. The summed E-state index contributed by atoms with van der Waals surface area (Å²) in [5, 5.41) is 5.13. The van der Waals surface area contributed by atoms with Gasteiger partial charge in [-0.15, -0.1) is 5.10 Å². The highest BCUT2D eigenvalue weighted by molar-refractivity contribution is 9.09. The molecule has 0 aromatic carbocycles. The normalized spacial score (nSPS) is 13.4. The van der Waals surface area contributed by atoms with Gasteiger partial charge in [0.1, 0.15) is 0 Å². The molecule has 0 aliphatic rings. The Kier molecular flexibility index (Phi) is 3.61. The summed E-state index contributed by atoms with van der Waals surface area (Å²) in [6.45, 7) is 4.92. The van der Waals surface area contributed by atoms with Gasteiger partial charge < -0.3 is 0 Å². The maximum atomic E-state index is 12.0. The van der Waals surface area contributed by atoms with Crippen LogP contribution in [-0.4, -0.2) is 24.5 Å². The van der Waals surface area contributed by atoms with Crippen molar-refractivity contribution in [2.45, 2.75) is 20.4 Å². The second-order valence-corrected chi connectivity index (χ2v) is 5.08. The van der Waals surface area contributed by atoms with Gasteiger partial charge in [0, 0.05) is 17.7 Å². The van der Waals surface area contributed by atoms with Crippen molar-refractivity contribution in [2.75, 3.05) is 5.33 Å². The van der Waals surface area contributed by atoms with Gasteiger partial charge in [-0.05, 0) is 11.8 Å². The third kappa shape index (κ3) is 2.41. The van der Waals surface area contributed by atoms with Crippen LogP contribution in [0.25, 0.3) is 5.65 Å². The third-order valence-corrected chi connectivity index (χ3v) is 3.77. The summed E-state index contributed by atoms with van der Waals surface area (Å²) in [6.07, 6.45) is 4.82. The van der Waals surface area contributed by atoms with Crippen LogP contribution in [0.1, 0.15) is 13.8 Å². The number of hydrogen-bond acceptors (Lipinski definition) is 3. The van der Waals surface area contributed by atoms with E-state index in [9.17, 15) is 4.79 Å². The minimum Gasteiger partial charge on any atom is -0.259 e. The molecule has 0 fully saturated rings. The average molecular weight is 299 g/mol. The average Bonchev–Trinajstić information content (AvgIpc) is 2.63. The van der Waals surface area contributed by atoms with Crippen LogP contribution in [-0.2, 0) is 6.54 Å². The lowest BCUT2D eigenvalue weighted by Crippen LogP contribution is -2.27. The van der Waals surface area contributed by atoms with Crippen LogP contribution < -0.4 is 5.69 Å². The van der Waals surface area contributed by atoms with Crippen LogP contribution in [0.15, 0.2) is 23.4 Å². The minimum atomic E-state index is -0.103. The van der Waals surface area contributed by atoms with Crippen molar-refractivity contribution in [1.29, 1.82) is 0 Å². The predicted octanol–water partition coefficient (Wildman–Crippen LogP) is 1.56. The Bertz CT molecular complexity index is 560. The fourth-order valence-corrected chi connectivity index (χ4v) is 2.61. The van der Waals surface area contributed by atoms with E-state index < -0.39 is 0 Å². The first kappa shape index (κ1) is 12.3. The molecule has 0 radical (unpaired) electrons. The van der Waals surface area contributed by atoms with Crippen LogP contribution >= 0.6 is 15.9 Å². The quantitative estimate of drug-likeness (QED) is 0.805. The molecular formula is C11H15BrN4O. The van der Waals surface area contributed by atoms with Crippen LogP contribution in [0.3, 0.4) is 0 Å². The zero-order valence-electron chi connectivity index (χ0n) is 9.88. The predicted molar refractivity (Wildman–Crippen MR) is 69.4 cm³/mol. The number of rotatable bonds is 4. The van der Waals surface area contributed by atoms with Crippen LogP contribution in [0.5, 0.6) is 0 Å². The summed E-state index contributed by atoms with van der Waals surface area (Å²) < 4.78 is 3.03. The molecule has 0 saturated carbocycles. The summed E-state index contributed by atoms with van der Waals surface area (Å²) in [4.78, 5) is 16.0. The smallest absolute Gasteiger partial charge is 0.259 e. The number of nitrogens with zero attached hydrogens (tertiary/aromatic N) is 4. The molecule has 0 spiro atoms. The summed E-state index contributed by atoms with van der Waals surface area (Å²) in [5.41, 5.74) is 0.489. The Labute approximate surface area is 108 Å². The van der Waals surface area contributed by atoms with E-state index in [1.807, 2.05) is 0 Å². The summed E-state index contributed by atoms with van der Waals surface area (Å²) >= 11 is 3.48. The maximum Gasteiger partial charge on any atom is 0.350 e. The van der Waals surface area contributed by atoms with E-state index in [0.717, 1.165) is 5.33 Å². The molecule has 1 unspecified atom stereocenters. The van der Waals surface area contributed by atoms with Gasteiger partial charge in [0.15, 0.2) is 5.65 Å². The van der Waals surface area contributed by atoms with Gasteiger partial charge in [-0.1, -0.05) is 29.8 Å². The van der Waals surface area contributed by atoms with Crippen molar-refractivity contribution in [3.8, 4) is 0 Å². The molecule has 1 atom stereocenters. The van der Waals surface area contributed by atoms with Gasteiger partial charge in [-0.3, -0.25) is 4.98 Å². The summed E-state index contributed by atoms with van der Waals surface area (Å²) in [6, 6.07) is 0. The molecule has 0 bridgehead atoms. The Balaban J connectivity index is 2.36. The molecule has 2 aromatic heterocycles. The molecule has 2 heterocycles. The SMILES string of the molecule is CC(C)C(CBr)Cn1nc2cnccn2c1=O. The molecule has 17 heavy (non-hydrogen) atoms. The van der Waals surface area contributed by atoms with Crippen molar-refractivity contribution in [1.82, 2.24) is 19.2 Å². The van der Waals surface area contributed by atoms with E-state index in [2.05, 4.69) is 39.9 Å². The monoisotopic (exact) mass is 298 g/mol. The van der Waals surface area contributed by atoms with E-state index in [1.54, 1.807) is 18.6 Å². The standard InChI is InChI=1S/C11H15BrN4O/c1-8(2)9(5-12)7-16-11(17)15-4-3-13-6-10(15)14-16/h3-4,6,8-9H,5,7H2,1-2H3. The highest BCUT2D eigenvalue weighted by Gasteiger charge is 2.15. The highest BCUT2D eigenvalue weighted by Crippen LogP contribution is 2.15. The lowest BCUT2D eigenvalue weighted by atomic mass is 9.98. The van der Waals surface area contributed by atoms with Crippen molar-refractivity contribution in [3.05, 3.63) is 29.1 Å².